The predicted molar refractivity (Wildman–Crippen MR) is 68.6 cm³/mol. The topological polar surface area (TPSA) is 63.6 Å². The number of carbonyl (C=O) groups is 2. The van der Waals surface area contributed by atoms with Crippen molar-refractivity contribution in [2.24, 2.45) is 0 Å². The Labute approximate surface area is 136 Å². The van der Waals surface area contributed by atoms with Crippen molar-refractivity contribution in [2.45, 2.75) is 37.5 Å². The van der Waals surface area contributed by atoms with Crippen LogP contribution in [-0.4, -0.2) is 40.5 Å². The number of ether oxygens (including phenoxy) is 1. The molecular weight excluding hydrogens is 365 g/mol. The van der Waals surface area contributed by atoms with E-state index in [1.807, 2.05) is 0 Å². The highest BCUT2D eigenvalue weighted by molar-refractivity contribution is 6.03. The fourth-order valence-corrected chi connectivity index (χ4v) is 1.61. The highest BCUT2D eigenvalue weighted by atomic mass is 19.4. The van der Waals surface area contributed by atoms with Crippen LogP contribution in [0.15, 0.2) is 24.3 Å². The third kappa shape index (κ3) is 3.85. The number of hydrogen-bond donors (Lipinski definition) is 1. The number of benzene rings is 1. The molecular formula is C14H11F7O4. The first-order valence-corrected chi connectivity index (χ1v) is 6.43. The van der Waals surface area contributed by atoms with E-state index in [1.165, 1.54) is 0 Å². The van der Waals surface area contributed by atoms with Crippen LogP contribution in [0.2, 0.25) is 0 Å². The van der Waals surface area contributed by atoms with Gasteiger partial charge in [0.1, 0.15) is 5.75 Å². The standard InChI is InChI=1S/C14H11F7O4/c1-11(2,9(23)7-3-5-8(22)6-4-7)25-10(24)12(15,16)13(17,18)14(19,20)21/h3-6,22H,1-2H3. The molecule has 25 heavy (non-hydrogen) atoms. The lowest BCUT2D eigenvalue weighted by Crippen LogP contribution is -2.58. The Morgan fingerprint density at radius 1 is 0.920 bits per heavy atom. The second kappa shape index (κ2) is 6.19. The summed E-state index contributed by atoms with van der Waals surface area (Å²) >= 11 is 0. The minimum Gasteiger partial charge on any atom is -0.508 e. The maximum Gasteiger partial charge on any atom is 0.460 e. The molecule has 11 heteroatoms. The van der Waals surface area contributed by atoms with E-state index in [9.17, 15) is 40.3 Å². The molecule has 140 valence electrons. The van der Waals surface area contributed by atoms with Crippen molar-refractivity contribution in [1.29, 1.82) is 0 Å². The summed E-state index contributed by atoms with van der Waals surface area (Å²) in [6.07, 6.45) is -6.71. The van der Waals surface area contributed by atoms with Crippen molar-refractivity contribution >= 4 is 11.8 Å². The number of phenols is 1. The monoisotopic (exact) mass is 376 g/mol. The average Bonchev–Trinajstić information content (AvgIpc) is 2.45. The molecule has 1 aromatic rings. The smallest absolute Gasteiger partial charge is 0.460 e. The third-order valence-electron chi connectivity index (χ3n) is 3.03. The van der Waals surface area contributed by atoms with E-state index in [1.54, 1.807) is 0 Å². The molecule has 0 radical (unpaired) electrons. The zero-order valence-corrected chi connectivity index (χ0v) is 12.6. The molecule has 0 amide bonds. The molecule has 0 heterocycles. The number of esters is 1. The Bertz CT molecular complexity index is 663. The van der Waals surface area contributed by atoms with Crippen LogP contribution in [0.1, 0.15) is 24.2 Å². The van der Waals surface area contributed by atoms with Gasteiger partial charge in [0.2, 0.25) is 5.78 Å². The maximum absolute atomic E-state index is 13.3. The number of rotatable bonds is 5. The molecule has 0 atom stereocenters. The summed E-state index contributed by atoms with van der Waals surface area (Å²) in [5.74, 6) is -17.5. The van der Waals surface area contributed by atoms with Crippen LogP contribution in [0.3, 0.4) is 0 Å². The first-order chi connectivity index (χ1) is 11.0. The Balaban J connectivity index is 3.08. The molecule has 1 N–H and O–H groups in total. The van der Waals surface area contributed by atoms with Gasteiger partial charge in [0.15, 0.2) is 5.60 Å². The van der Waals surface area contributed by atoms with Gasteiger partial charge in [-0.2, -0.15) is 30.7 Å². The van der Waals surface area contributed by atoms with E-state index < -0.39 is 35.4 Å². The fourth-order valence-electron chi connectivity index (χ4n) is 1.61. The number of halogens is 7. The zero-order chi connectivity index (χ0) is 19.8. The van der Waals surface area contributed by atoms with Gasteiger partial charge in [-0.1, -0.05) is 0 Å². The molecule has 0 aliphatic carbocycles. The molecule has 1 aromatic carbocycles. The molecule has 0 aliphatic heterocycles. The van der Waals surface area contributed by atoms with E-state index >= 15 is 0 Å². The van der Waals surface area contributed by atoms with E-state index in [4.69, 9.17) is 5.11 Å². The lowest BCUT2D eigenvalue weighted by molar-refractivity contribution is -0.349. The molecule has 0 saturated heterocycles. The summed E-state index contributed by atoms with van der Waals surface area (Å²) in [4.78, 5) is 23.3. The summed E-state index contributed by atoms with van der Waals surface area (Å²) in [6.45, 7) is 1.48. The van der Waals surface area contributed by atoms with E-state index in [0.717, 1.165) is 38.1 Å². The number of aromatic hydroxyl groups is 1. The minimum absolute atomic E-state index is 0.261. The van der Waals surface area contributed by atoms with E-state index in [-0.39, 0.29) is 11.3 Å². The number of carbonyl (C=O) groups excluding carboxylic acids is 2. The summed E-state index contributed by atoms with van der Waals surface area (Å²) in [7, 11) is 0. The highest BCUT2D eigenvalue weighted by Gasteiger charge is 2.77. The molecule has 0 saturated carbocycles. The van der Waals surface area contributed by atoms with E-state index in [0.29, 0.717) is 0 Å². The Morgan fingerprint density at radius 3 is 1.76 bits per heavy atom. The third-order valence-corrected chi connectivity index (χ3v) is 3.03. The predicted octanol–water partition coefficient (Wildman–Crippen LogP) is 3.73. The van der Waals surface area contributed by atoms with Crippen LogP contribution >= 0.6 is 0 Å². The van der Waals surface area contributed by atoms with Crippen molar-refractivity contribution in [2.75, 3.05) is 0 Å². The van der Waals surface area contributed by atoms with Crippen LogP contribution in [0.5, 0.6) is 5.75 Å². The van der Waals surface area contributed by atoms with Gasteiger partial charge in [-0.25, -0.2) is 4.79 Å². The number of Topliss-reactive ketones (excluding diaryl/α,β-unsaturated/α-hetero) is 1. The maximum atomic E-state index is 13.3. The van der Waals surface area contributed by atoms with Gasteiger partial charge >= 0.3 is 24.0 Å². The first-order valence-electron chi connectivity index (χ1n) is 6.43. The van der Waals surface area contributed by atoms with Gasteiger partial charge in [-0.3, -0.25) is 4.79 Å². The molecule has 0 unspecified atom stereocenters. The number of alkyl halides is 7. The molecule has 4 nitrogen and oxygen atoms in total. The molecule has 0 aliphatic rings. The zero-order valence-electron chi connectivity index (χ0n) is 12.6. The SMILES string of the molecule is CC(C)(OC(=O)C(F)(F)C(F)(F)C(F)(F)F)C(=O)c1ccc(O)cc1. The van der Waals surface area contributed by atoms with Gasteiger partial charge in [0, 0.05) is 5.56 Å². The Kier molecular flexibility index (Phi) is 5.13. The van der Waals surface area contributed by atoms with Crippen LogP contribution < -0.4 is 0 Å². The second-order valence-electron chi connectivity index (χ2n) is 5.42. The second-order valence-corrected chi connectivity index (χ2v) is 5.42. The van der Waals surface area contributed by atoms with Gasteiger partial charge in [0.05, 0.1) is 0 Å². The Morgan fingerprint density at radius 2 is 1.36 bits per heavy atom. The van der Waals surface area contributed by atoms with Crippen molar-refractivity contribution in [3.05, 3.63) is 29.8 Å². The van der Waals surface area contributed by atoms with Gasteiger partial charge < -0.3 is 9.84 Å². The number of phenolic OH excluding ortho intramolecular Hbond substituents is 1. The molecule has 0 spiro atoms. The lowest BCUT2D eigenvalue weighted by atomic mass is 9.96. The van der Waals surface area contributed by atoms with Crippen LogP contribution in [0, 0.1) is 0 Å². The summed E-state index contributed by atoms with van der Waals surface area (Å²) in [5, 5.41) is 9.07. The van der Waals surface area contributed by atoms with Gasteiger partial charge in [-0.15, -0.1) is 0 Å². The summed E-state index contributed by atoms with van der Waals surface area (Å²) < 4.78 is 92.2. The quantitative estimate of drug-likeness (QED) is 0.483. The van der Waals surface area contributed by atoms with Crippen molar-refractivity contribution in [3.8, 4) is 5.75 Å². The fraction of sp³-hybridized carbons (Fsp3) is 0.429. The van der Waals surface area contributed by atoms with Crippen LogP contribution in [-0.2, 0) is 9.53 Å². The van der Waals surface area contributed by atoms with Crippen molar-refractivity contribution in [1.82, 2.24) is 0 Å². The average molecular weight is 376 g/mol. The molecule has 0 aromatic heterocycles. The van der Waals surface area contributed by atoms with Crippen LogP contribution in [0.4, 0.5) is 30.7 Å². The van der Waals surface area contributed by atoms with E-state index in [2.05, 4.69) is 4.74 Å². The summed E-state index contributed by atoms with van der Waals surface area (Å²) in [5.41, 5.74) is -2.74. The number of hydrogen-bond acceptors (Lipinski definition) is 4. The largest absolute Gasteiger partial charge is 0.508 e. The van der Waals surface area contributed by atoms with Gasteiger partial charge in [0.25, 0.3) is 0 Å². The molecule has 0 fully saturated rings. The number of ketones is 1. The van der Waals surface area contributed by atoms with Crippen molar-refractivity contribution < 1.29 is 50.2 Å². The molecule has 1 rings (SSSR count). The van der Waals surface area contributed by atoms with Crippen molar-refractivity contribution in [3.63, 3.8) is 0 Å². The van der Waals surface area contributed by atoms with Gasteiger partial charge in [-0.05, 0) is 38.1 Å². The lowest BCUT2D eigenvalue weighted by Gasteiger charge is -2.30. The Hall–Kier alpha value is -2.33. The van der Waals surface area contributed by atoms with Crippen LogP contribution in [0.25, 0.3) is 0 Å². The highest BCUT2D eigenvalue weighted by Crippen LogP contribution is 2.47. The summed E-state index contributed by atoms with van der Waals surface area (Å²) in [6, 6.07) is 4.07. The minimum atomic E-state index is -6.71. The first kappa shape index (κ1) is 20.7. The molecule has 0 bridgehead atoms. The normalized spacial score (nSPS) is 13.5.